The molecule has 3 N–H and O–H groups in total. The zero-order valence-electron chi connectivity index (χ0n) is 11.3. The predicted octanol–water partition coefficient (Wildman–Crippen LogP) is 0.462. The van der Waals surface area contributed by atoms with Gasteiger partial charge in [-0.15, -0.1) is 0 Å². The molecule has 2 amide bonds. The monoisotopic (exact) mass is 300 g/mol. The third kappa shape index (κ3) is 4.71. The first-order valence-corrected chi connectivity index (χ1v) is 6.40. The molecule has 0 saturated carbocycles. The van der Waals surface area contributed by atoms with Crippen molar-refractivity contribution in [3.05, 3.63) is 28.8 Å². The second kappa shape index (κ2) is 7.72. The third-order valence-electron chi connectivity index (χ3n) is 2.57. The topological polar surface area (TPSA) is 87.7 Å². The van der Waals surface area contributed by atoms with Crippen LogP contribution in [-0.2, 0) is 16.2 Å². The molecule has 110 valence electrons. The van der Waals surface area contributed by atoms with Crippen LogP contribution in [-0.4, -0.2) is 36.6 Å². The molecule has 7 heteroatoms. The number of carbonyl (C=O) groups is 2. The largest absolute Gasteiger partial charge is 0.481 e. The summed E-state index contributed by atoms with van der Waals surface area (Å²) in [6.07, 6.45) is -0.800. The summed E-state index contributed by atoms with van der Waals surface area (Å²) in [5, 5.41) is 14.5. The van der Waals surface area contributed by atoms with Crippen molar-refractivity contribution < 1.29 is 19.4 Å². The van der Waals surface area contributed by atoms with E-state index in [-0.39, 0.29) is 19.1 Å². The van der Waals surface area contributed by atoms with Gasteiger partial charge in [-0.25, -0.2) is 0 Å². The maximum atomic E-state index is 11.7. The molecule has 0 aliphatic carbocycles. The number of aliphatic hydroxyl groups is 1. The van der Waals surface area contributed by atoms with E-state index in [9.17, 15) is 14.7 Å². The van der Waals surface area contributed by atoms with E-state index >= 15 is 0 Å². The van der Waals surface area contributed by atoms with Crippen molar-refractivity contribution in [3.8, 4) is 5.75 Å². The Hall–Kier alpha value is -1.79. The Kier molecular flexibility index (Phi) is 6.27. The first-order chi connectivity index (χ1) is 9.47. The molecule has 1 unspecified atom stereocenters. The summed E-state index contributed by atoms with van der Waals surface area (Å²) in [7, 11) is 1.48. The minimum Gasteiger partial charge on any atom is -0.481 e. The van der Waals surface area contributed by atoms with E-state index in [0.717, 1.165) is 0 Å². The summed E-state index contributed by atoms with van der Waals surface area (Å²) in [4.78, 5) is 22.8. The average Bonchev–Trinajstić information content (AvgIpc) is 2.45. The summed E-state index contributed by atoms with van der Waals surface area (Å²) >= 11 is 5.80. The quantitative estimate of drug-likeness (QED) is 0.712. The number of halogens is 1. The molecule has 0 saturated heterocycles. The Labute approximate surface area is 122 Å². The van der Waals surface area contributed by atoms with Crippen molar-refractivity contribution in [3.63, 3.8) is 0 Å². The zero-order chi connectivity index (χ0) is 15.1. The van der Waals surface area contributed by atoms with Gasteiger partial charge in [-0.05, 0) is 25.1 Å². The first kappa shape index (κ1) is 16.3. The smallest absolute Gasteiger partial charge is 0.261 e. The van der Waals surface area contributed by atoms with Crippen molar-refractivity contribution in [2.75, 3.05) is 13.6 Å². The lowest BCUT2D eigenvalue weighted by atomic mass is 10.2. The molecular weight excluding hydrogens is 284 g/mol. The minimum absolute atomic E-state index is 0.115. The number of nitrogens with one attached hydrogen (secondary N) is 2. The van der Waals surface area contributed by atoms with Crippen LogP contribution >= 0.6 is 11.6 Å². The molecule has 6 nitrogen and oxygen atoms in total. The highest BCUT2D eigenvalue weighted by Crippen LogP contribution is 2.23. The van der Waals surface area contributed by atoms with Crippen LogP contribution < -0.4 is 15.4 Å². The van der Waals surface area contributed by atoms with E-state index < -0.39 is 12.0 Å². The standard InChI is InChI=1S/C13H17ClN2O4/c1-8(13(19)16-6-12(18)15-2)20-11-4-3-10(14)5-9(11)7-17/h3-5,8,17H,6-7H2,1-2H3,(H,15,18)(H,16,19). The van der Waals surface area contributed by atoms with E-state index in [2.05, 4.69) is 10.6 Å². The number of hydrogen-bond donors (Lipinski definition) is 3. The van der Waals surface area contributed by atoms with Crippen LogP contribution in [0.3, 0.4) is 0 Å². The van der Waals surface area contributed by atoms with Crippen LogP contribution in [0.1, 0.15) is 12.5 Å². The number of hydrogen-bond acceptors (Lipinski definition) is 4. The van der Waals surface area contributed by atoms with Crippen LogP contribution in [0.15, 0.2) is 18.2 Å². The number of carbonyl (C=O) groups excluding carboxylic acids is 2. The molecule has 0 heterocycles. The van der Waals surface area contributed by atoms with Gasteiger partial charge in [0.1, 0.15) is 5.75 Å². The van der Waals surface area contributed by atoms with Crippen LogP contribution in [0.5, 0.6) is 5.75 Å². The first-order valence-electron chi connectivity index (χ1n) is 6.02. The highest BCUT2D eigenvalue weighted by Gasteiger charge is 2.16. The highest BCUT2D eigenvalue weighted by atomic mass is 35.5. The lowest BCUT2D eigenvalue weighted by Gasteiger charge is -2.16. The Bertz CT molecular complexity index is 493. The van der Waals surface area contributed by atoms with Gasteiger partial charge in [-0.2, -0.15) is 0 Å². The highest BCUT2D eigenvalue weighted by molar-refractivity contribution is 6.30. The Balaban J connectivity index is 2.63. The van der Waals surface area contributed by atoms with Crippen LogP contribution in [0, 0.1) is 0 Å². The van der Waals surface area contributed by atoms with E-state index in [0.29, 0.717) is 16.3 Å². The molecule has 0 bridgehead atoms. The van der Waals surface area contributed by atoms with E-state index in [1.165, 1.54) is 7.05 Å². The fraction of sp³-hybridized carbons (Fsp3) is 0.385. The second-order valence-electron chi connectivity index (χ2n) is 4.06. The maximum absolute atomic E-state index is 11.7. The van der Waals surface area contributed by atoms with Gasteiger partial charge in [0.25, 0.3) is 5.91 Å². The van der Waals surface area contributed by atoms with Gasteiger partial charge in [-0.3, -0.25) is 9.59 Å². The molecule has 0 radical (unpaired) electrons. The van der Waals surface area contributed by atoms with Gasteiger partial charge >= 0.3 is 0 Å². The summed E-state index contributed by atoms with van der Waals surface area (Å²) in [5.74, 6) is -0.347. The molecule has 1 atom stereocenters. The summed E-state index contributed by atoms with van der Waals surface area (Å²) < 4.78 is 5.46. The second-order valence-corrected chi connectivity index (χ2v) is 4.50. The van der Waals surface area contributed by atoms with Gasteiger partial charge in [0.15, 0.2) is 6.10 Å². The average molecular weight is 301 g/mol. The number of amides is 2. The lowest BCUT2D eigenvalue weighted by molar-refractivity contribution is -0.130. The number of ether oxygens (including phenoxy) is 1. The van der Waals surface area contributed by atoms with Crippen LogP contribution in [0.2, 0.25) is 5.02 Å². The predicted molar refractivity (Wildman–Crippen MR) is 74.5 cm³/mol. The maximum Gasteiger partial charge on any atom is 0.261 e. The third-order valence-corrected chi connectivity index (χ3v) is 2.80. The minimum atomic E-state index is -0.800. The van der Waals surface area contributed by atoms with Gasteiger partial charge in [0, 0.05) is 17.6 Å². The molecule has 1 aromatic rings. The number of benzene rings is 1. The Morgan fingerprint density at radius 1 is 1.45 bits per heavy atom. The SMILES string of the molecule is CNC(=O)CNC(=O)C(C)Oc1ccc(Cl)cc1CO. The van der Waals surface area contributed by atoms with Crippen molar-refractivity contribution in [1.29, 1.82) is 0 Å². The van der Waals surface area contributed by atoms with Gasteiger partial charge < -0.3 is 20.5 Å². The van der Waals surface area contributed by atoms with Gasteiger partial charge in [0.05, 0.1) is 13.2 Å². The van der Waals surface area contributed by atoms with Crippen LogP contribution in [0.25, 0.3) is 0 Å². The van der Waals surface area contributed by atoms with Gasteiger partial charge in [0.2, 0.25) is 5.91 Å². The van der Waals surface area contributed by atoms with Crippen molar-refractivity contribution >= 4 is 23.4 Å². The molecular formula is C13H17ClN2O4. The number of rotatable bonds is 6. The summed E-state index contributed by atoms with van der Waals surface area (Å²) in [6.45, 7) is 1.19. The van der Waals surface area contributed by atoms with E-state index in [4.69, 9.17) is 16.3 Å². The normalized spacial score (nSPS) is 11.6. The molecule has 1 aromatic carbocycles. The molecule has 20 heavy (non-hydrogen) atoms. The van der Waals surface area contributed by atoms with Crippen molar-refractivity contribution in [1.82, 2.24) is 10.6 Å². The molecule has 1 rings (SSSR count). The molecule has 0 spiro atoms. The Morgan fingerprint density at radius 3 is 2.75 bits per heavy atom. The number of aliphatic hydroxyl groups excluding tert-OH is 1. The van der Waals surface area contributed by atoms with E-state index in [1.54, 1.807) is 25.1 Å². The fourth-order valence-electron chi connectivity index (χ4n) is 1.43. The van der Waals surface area contributed by atoms with Gasteiger partial charge in [-0.1, -0.05) is 11.6 Å². The van der Waals surface area contributed by atoms with Crippen LogP contribution in [0.4, 0.5) is 0 Å². The summed E-state index contributed by atoms with van der Waals surface area (Å²) in [5.41, 5.74) is 0.489. The number of likely N-dealkylation sites (N-methyl/N-ethyl adjacent to an activating group) is 1. The summed E-state index contributed by atoms with van der Waals surface area (Å²) in [6, 6.07) is 4.74. The lowest BCUT2D eigenvalue weighted by Crippen LogP contribution is -2.41. The van der Waals surface area contributed by atoms with Crippen molar-refractivity contribution in [2.24, 2.45) is 0 Å². The van der Waals surface area contributed by atoms with Crippen molar-refractivity contribution in [2.45, 2.75) is 19.6 Å². The fourth-order valence-corrected chi connectivity index (χ4v) is 1.62. The van der Waals surface area contributed by atoms with E-state index in [1.807, 2.05) is 0 Å². The molecule has 0 aromatic heterocycles. The zero-order valence-corrected chi connectivity index (χ0v) is 12.0. The molecule has 0 aliphatic rings. The Morgan fingerprint density at radius 2 is 2.15 bits per heavy atom. The molecule has 0 fully saturated rings. The molecule has 0 aliphatic heterocycles.